The van der Waals surface area contributed by atoms with Gasteiger partial charge >= 0.3 is 105 Å². The summed E-state index contributed by atoms with van der Waals surface area (Å²) in [7, 11) is 0. The van der Waals surface area contributed by atoms with Crippen molar-refractivity contribution in [2.75, 3.05) is 0 Å². The Morgan fingerprint density at radius 3 is 2.20 bits per heavy atom. The van der Waals surface area contributed by atoms with E-state index in [1.165, 1.54) is 3.32 Å². The van der Waals surface area contributed by atoms with Gasteiger partial charge in [0, 0.05) is 0 Å². The van der Waals surface area contributed by atoms with Crippen molar-refractivity contribution in [3.05, 3.63) is 24.3 Å². The molecule has 0 radical (unpaired) electrons. The summed E-state index contributed by atoms with van der Waals surface area (Å²) < 4.78 is 11.3. The van der Waals surface area contributed by atoms with Crippen LogP contribution in [0.25, 0.3) is 0 Å². The van der Waals surface area contributed by atoms with Crippen molar-refractivity contribution in [2.45, 2.75) is 26.4 Å². The van der Waals surface area contributed by atoms with E-state index in [0.29, 0.717) is 5.75 Å². The number of carbonyl (C=O) groups is 1. The monoisotopic (exact) mass is 373 g/mol. The first kappa shape index (κ1) is 12.4. The van der Waals surface area contributed by atoms with Crippen LogP contribution in [-0.2, 0) is 29.1 Å². The van der Waals surface area contributed by atoms with E-state index in [1.807, 2.05) is 12.1 Å². The molecule has 0 aliphatic carbocycles. The molecule has 0 atom stereocenters. The van der Waals surface area contributed by atoms with Crippen LogP contribution in [0.5, 0.6) is 5.75 Å². The zero-order valence-corrected chi connectivity index (χ0v) is 12.6. The molecular formula is C11H13HfO3. The van der Waals surface area contributed by atoms with Gasteiger partial charge in [-0.1, -0.05) is 0 Å². The van der Waals surface area contributed by atoms with Crippen LogP contribution in [-0.4, -0.2) is 11.8 Å². The zero-order valence-electron chi connectivity index (χ0n) is 9.03. The van der Waals surface area contributed by atoms with Gasteiger partial charge in [0.2, 0.25) is 0 Å². The van der Waals surface area contributed by atoms with Crippen molar-refractivity contribution in [1.29, 1.82) is 0 Å². The van der Waals surface area contributed by atoms with Crippen LogP contribution in [0.3, 0.4) is 0 Å². The quantitative estimate of drug-likeness (QED) is 0.431. The van der Waals surface area contributed by atoms with E-state index in [0.717, 1.165) is 24.4 Å². The standard InChI is InChI=1S/C11H13O3.Hf/c1-11(2,3)14-10(12)13-9-7-5-4-6-8-9;/h5-8H,1-3H3;. The molecule has 3 nitrogen and oxygen atoms in total. The zero-order chi connectivity index (χ0) is 11.5. The molecule has 1 aromatic carbocycles. The second-order valence-electron chi connectivity index (χ2n) is 4.09. The molecule has 0 unspecified atom stereocenters. The Hall–Kier alpha value is -0.640. The topological polar surface area (TPSA) is 35.5 Å². The van der Waals surface area contributed by atoms with Gasteiger partial charge in [0.05, 0.1) is 0 Å². The summed E-state index contributed by atoms with van der Waals surface area (Å²) in [5, 5.41) is 0. The minimum atomic E-state index is -0.663. The molecule has 0 aliphatic rings. The van der Waals surface area contributed by atoms with E-state index in [-0.39, 0.29) is 0 Å². The van der Waals surface area contributed by atoms with Gasteiger partial charge in [-0.3, -0.25) is 0 Å². The summed E-state index contributed by atoms with van der Waals surface area (Å²) in [4.78, 5) is 11.3. The van der Waals surface area contributed by atoms with Crippen LogP contribution in [0.2, 0.25) is 0 Å². The molecule has 0 amide bonds. The molecule has 79 valence electrons. The SMILES string of the molecule is CC(C)(C)OC(=O)Oc1cc[c]([Hf])cc1. The summed E-state index contributed by atoms with van der Waals surface area (Å²) in [6.45, 7) is 5.40. The number of carbonyl (C=O) groups excluding carboxylic acids is 1. The van der Waals surface area contributed by atoms with Crippen LogP contribution in [0, 0.1) is 0 Å². The minimum absolute atomic E-state index is 0.517. The van der Waals surface area contributed by atoms with Crippen LogP contribution in [0.15, 0.2) is 24.3 Å². The van der Waals surface area contributed by atoms with Gasteiger partial charge in [-0.05, 0) is 0 Å². The first-order valence-electron chi connectivity index (χ1n) is 4.59. The maximum absolute atomic E-state index is 11.3. The molecule has 0 fully saturated rings. The Morgan fingerprint density at radius 1 is 1.20 bits per heavy atom. The van der Waals surface area contributed by atoms with E-state index >= 15 is 0 Å². The van der Waals surface area contributed by atoms with Crippen LogP contribution >= 0.6 is 0 Å². The molecule has 0 aromatic heterocycles. The van der Waals surface area contributed by atoms with E-state index in [2.05, 4.69) is 0 Å². The van der Waals surface area contributed by atoms with Crippen molar-refractivity contribution in [3.63, 3.8) is 0 Å². The average molecular weight is 372 g/mol. The first-order chi connectivity index (χ1) is 6.87. The normalized spacial score (nSPS) is 10.8. The maximum atomic E-state index is 11.3. The van der Waals surface area contributed by atoms with E-state index in [1.54, 1.807) is 32.9 Å². The van der Waals surface area contributed by atoms with Gasteiger partial charge in [-0.25, -0.2) is 0 Å². The molecule has 0 aliphatic heterocycles. The molecule has 15 heavy (non-hydrogen) atoms. The Kier molecular flexibility index (Phi) is 4.08. The molecule has 0 saturated heterocycles. The van der Waals surface area contributed by atoms with Crippen molar-refractivity contribution < 1.29 is 38.6 Å². The number of rotatable bonds is 1. The van der Waals surface area contributed by atoms with Crippen molar-refractivity contribution in [2.24, 2.45) is 0 Å². The molecular weight excluding hydrogens is 359 g/mol. The molecule has 4 heteroatoms. The third-order valence-corrected chi connectivity index (χ3v) is 2.64. The molecule has 0 saturated carbocycles. The Labute approximate surface area is 104 Å². The summed E-state index contributed by atoms with van der Waals surface area (Å²) >= 11 is 0.992. The van der Waals surface area contributed by atoms with Crippen molar-refractivity contribution >= 4 is 9.48 Å². The van der Waals surface area contributed by atoms with Crippen molar-refractivity contribution in [3.8, 4) is 5.75 Å². The summed E-state index contributed by atoms with van der Waals surface area (Å²) in [6, 6.07) is 7.41. The van der Waals surface area contributed by atoms with E-state index in [9.17, 15) is 4.79 Å². The van der Waals surface area contributed by atoms with Gasteiger partial charge in [0.15, 0.2) is 0 Å². The Morgan fingerprint density at radius 2 is 1.73 bits per heavy atom. The number of hydrogen-bond donors (Lipinski definition) is 0. The summed E-state index contributed by atoms with van der Waals surface area (Å²) in [5.74, 6) is 0.517. The third kappa shape index (κ3) is 5.11. The van der Waals surface area contributed by atoms with E-state index in [4.69, 9.17) is 9.47 Å². The Balaban J connectivity index is 2.55. The molecule has 0 spiro atoms. The molecule has 0 N–H and O–H groups in total. The van der Waals surface area contributed by atoms with Gasteiger partial charge in [0.1, 0.15) is 0 Å². The van der Waals surface area contributed by atoms with Crippen molar-refractivity contribution in [1.82, 2.24) is 0 Å². The fraction of sp³-hybridized carbons (Fsp3) is 0.364. The fourth-order valence-electron chi connectivity index (χ4n) is 0.890. The molecule has 1 aromatic rings. The predicted molar refractivity (Wildman–Crippen MR) is 52.9 cm³/mol. The average Bonchev–Trinajstić information content (AvgIpc) is 2.05. The van der Waals surface area contributed by atoms with Gasteiger partial charge in [-0.2, -0.15) is 0 Å². The van der Waals surface area contributed by atoms with Gasteiger partial charge in [0.25, 0.3) is 0 Å². The molecule has 1 rings (SSSR count). The third-order valence-electron chi connectivity index (χ3n) is 1.45. The number of benzene rings is 1. The first-order valence-corrected chi connectivity index (χ1v) is 6.39. The van der Waals surface area contributed by atoms with Crippen LogP contribution < -0.4 is 8.06 Å². The molecule has 0 heterocycles. The Bertz CT molecular complexity index is 338. The van der Waals surface area contributed by atoms with Crippen LogP contribution in [0.1, 0.15) is 20.8 Å². The van der Waals surface area contributed by atoms with E-state index < -0.39 is 11.8 Å². The predicted octanol–water partition coefficient (Wildman–Crippen LogP) is 2.17. The summed E-state index contributed by atoms with van der Waals surface area (Å²) in [6.07, 6.45) is -0.663. The second-order valence-corrected chi connectivity index (χ2v) is 6.17. The van der Waals surface area contributed by atoms with Gasteiger partial charge in [-0.15, -0.1) is 0 Å². The second kappa shape index (κ2) is 4.92. The van der Waals surface area contributed by atoms with Crippen LogP contribution in [0.4, 0.5) is 4.79 Å². The van der Waals surface area contributed by atoms with Gasteiger partial charge < -0.3 is 0 Å². The summed E-state index contributed by atoms with van der Waals surface area (Å²) in [5.41, 5.74) is -0.519. The fourth-order valence-corrected chi connectivity index (χ4v) is 1.49. The number of ether oxygens (including phenoxy) is 2. The number of hydrogen-bond acceptors (Lipinski definition) is 3. The molecule has 0 bridgehead atoms.